The minimum atomic E-state index is -2.66. The summed E-state index contributed by atoms with van der Waals surface area (Å²) >= 11 is 0. The van der Waals surface area contributed by atoms with Crippen LogP contribution in [-0.4, -0.2) is 62.0 Å². The lowest BCUT2D eigenvalue weighted by atomic mass is 9.55. The van der Waals surface area contributed by atoms with Gasteiger partial charge in [0.25, 0.3) is 5.91 Å². The molecule has 0 aromatic heterocycles. The maximum absolute atomic E-state index is 16.0. The molecule has 0 aliphatic heterocycles. The molecule has 0 saturated heterocycles. The average Bonchev–Trinajstić information content (AvgIpc) is 3.37. The van der Waals surface area contributed by atoms with Crippen molar-refractivity contribution < 1.29 is 39.2 Å². The molecule has 1 fully saturated rings. The highest BCUT2D eigenvalue weighted by atomic mass is 19.1. The number of carbonyl (C=O) groups excluding carboxylic acids is 3. The predicted octanol–water partition coefficient (Wildman–Crippen LogP) is 3.61. The lowest BCUT2D eigenvalue weighted by molar-refractivity contribution is -0.149. The fourth-order valence-corrected chi connectivity index (χ4v) is 7.96. The third kappa shape index (κ3) is 4.55. The summed E-state index contributed by atoms with van der Waals surface area (Å²) in [7, 11) is 1.84. The zero-order valence-corrected chi connectivity index (χ0v) is 24.0. The zero-order chi connectivity index (χ0) is 30.2. The Balaban J connectivity index is 1.61. The maximum atomic E-state index is 16.0. The second-order valence-electron chi connectivity index (χ2n) is 13.6. The summed E-state index contributed by atoms with van der Waals surface area (Å²) in [4.78, 5) is 41.5. The summed E-state index contributed by atoms with van der Waals surface area (Å²) in [6.07, 6.45) is 3.01. The molecular formula is C31H39FN2O7. The van der Waals surface area contributed by atoms with E-state index in [9.17, 15) is 34.8 Å². The summed E-state index contributed by atoms with van der Waals surface area (Å²) in [5, 5.41) is 45.4. The lowest BCUT2D eigenvalue weighted by Gasteiger charge is -2.50. The summed E-state index contributed by atoms with van der Waals surface area (Å²) in [5.41, 5.74) is 1.63. The molecule has 1 saturated carbocycles. The molecule has 1 amide bonds. The van der Waals surface area contributed by atoms with Crippen molar-refractivity contribution >= 4 is 17.5 Å². The van der Waals surface area contributed by atoms with Gasteiger partial charge < -0.3 is 31.1 Å². The van der Waals surface area contributed by atoms with Gasteiger partial charge in [-0.05, 0) is 56.0 Å². The molecule has 1 unspecified atom stereocenters. The Morgan fingerprint density at radius 3 is 2.39 bits per heavy atom. The van der Waals surface area contributed by atoms with Crippen LogP contribution in [0.4, 0.5) is 4.39 Å². The molecule has 9 nitrogen and oxygen atoms in total. The molecule has 222 valence electrons. The first-order valence-corrected chi connectivity index (χ1v) is 14.3. The number of benzene rings is 1. The van der Waals surface area contributed by atoms with Crippen molar-refractivity contribution in [2.45, 2.75) is 71.4 Å². The number of nitrogens with zero attached hydrogens (tertiary/aromatic N) is 1. The van der Waals surface area contributed by atoms with Crippen LogP contribution in [0.2, 0.25) is 0 Å². The fourth-order valence-electron chi connectivity index (χ4n) is 7.96. The van der Waals surface area contributed by atoms with Crippen molar-refractivity contribution in [2.24, 2.45) is 34.8 Å². The average molecular weight is 571 g/mol. The predicted molar refractivity (Wildman–Crippen MR) is 147 cm³/mol. The molecule has 0 radical (unpaired) electrons. The van der Waals surface area contributed by atoms with E-state index in [1.807, 2.05) is 11.9 Å². The number of hydrogen-bond donors (Lipinski definition) is 5. The first-order chi connectivity index (χ1) is 19.1. The topological polar surface area (TPSA) is 161 Å². The number of rotatable bonds is 5. The van der Waals surface area contributed by atoms with Gasteiger partial charge in [-0.15, -0.1) is 0 Å². The normalized spacial score (nSPS) is 28.7. The Hall–Kier alpha value is -3.24. The van der Waals surface area contributed by atoms with E-state index in [1.165, 1.54) is 6.07 Å². The Morgan fingerprint density at radius 2 is 1.80 bits per heavy atom. The van der Waals surface area contributed by atoms with Gasteiger partial charge in [0, 0.05) is 41.6 Å². The maximum Gasteiger partial charge on any atom is 0.255 e. The van der Waals surface area contributed by atoms with E-state index < -0.39 is 69.5 Å². The molecule has 41 heavy (non-hydrogen) atoms. The zero-order valence-electron chi connectivity index (χ0n) is 24.0. The number of carbonyl (C=O) groups is 3. The van der Waals surface area contributed by atoms with Crippen molar-refractivity contribution in [2.75, 3.05) is 13.6 Å². The number of amides is 1. The van der Waals surface area contributed by atoms with E-state index in [0.717, 1.165) is 12.8 Å². The van der Waals surface area contributed by atoms with Crippen molar-refractivity contribution in [3.05, 3.63) is 51.2 Å². The Kier molecular flexibility index (Phi) is 7.10. The van der Waals surface area contributed by atoms with Gasteiger partial charge in [-0.2, -0.15) is 0 Å². The Bertz CT molecular complexity index is 1400. The molecule has 0 heterocycles. The number of phenols is 1. The molecule has 4 aliphatic carbocycles. The number of fused-ring (bicyclic) bond motifs is 3. The number of phenolic OH excluding ortho intramolecular Hbond substituents is 1. The molecule has 10 heteroatoms. The fraction of sp³-hybridized carbons (Fsp3) is 0.581. The van der Waals surface area contributed by atoms with Crippen LogP contribution in [0.25, 0.3) is 0 Å². The molecule has 4 atom stereocenters. The van der Waals surface area contributed by atoms with Gasteiger partial charge in [0.2, 0.25) is 5.78 Å². The van der Waals surface area contributed by atoms with Gasteiger partial charge >= 0.3 is 0 Å². The van der Waals surface area contributed by atoms with Gasteiger partial charge in [-0.3, -0.25) is 14.4 Å². The monoisotopic (exact) mass is 570 g/mol. The number of aliphatic hydroxyl groups excluding tert-OH is 2. The first-order valence-electron chi connectivity index (χ1n) is 14.3. The minimum absolute atomic E-state index is 0.0154. The van der Waals surface area contributed by atoms with Crippen LogP contribution in [0.3, 0.4) is 0 Å². The molecule has 6 N–H and O–H groups in total. The van der Waals surface area contributed by atoms with E-state index in [2.05, 4.69) is 20.8 Å². The van der Waals surface area contributed by atoms with Gasteiger partial charge in [0.05, 0.1) is 5.56 Å². The highest BCUT2D eigenvalue weighted by molar-refractivity contribution is 6.24. The van der Waals surface area contributed by atoms with Gasteiger partial charge in [0.15, 0.2) is 11.4 Å². The number of ketones is 2. The molecular weight excluding hydrogens is 531 g/mol. The van der Waals surface area contributed by atoms with Gasteiger partial charge in [-0.1, -0.05) is 33.6 Å². The van der Waals surface area contributed by atoms with Crippen molar-refractivity contribution in [3.63, 3.8) is 0 Å². The third-order valence-corrected chi connectivity index (χ3v) is 9.35. The van der Waals surface area contributed by atoms with Crippen LogP contribution in [0.15, 0.2) is 28.7 Å². The van der Waals surface area contributed by atoms with E-state index >= 15 is 4.39 Å². The third-order valence-electron chi connectivity index (χ3n) is 9.35. The number of allylic oxidation sites excluding steroid dienone is 2. The summed E-state index contributed by atoms with van der Waals surface area (Å²) < 4.78 is 16.0. The van der Waals surface area contributed by atoms with E-state index in [0.29, 0.717) is 19.4 Å². The molecule has 0 bridgehead atoms. The first kappa shape index (κ1) is 29.3. The second kappa shape index (κ2) is 9.94. The molecule has 4 aliphatic rings. The smallest absolute Gasteiger partial charge is 0.255 e. The number of aliphatic hydroxyl groups is 3. The second-order valence-corrected chi connectivity index (χ2v) is 13.6. The summed E-state index contributed by atoms with van der Waals surface area (Å²) in [6, 6.07) is 1.21. The van der Waals surface area contributed by atoms with Crippen LogP contribution in [0.5, 0.6) is 5.75 Å². The largest absolute Gasteiger partial charge is 0.511 e. The summed E-state index contributed by atoms with van der Waals surface area (Å²) in [6.45, 7) is 7.03. The molecule has 0 spiro atoms. The number of nitrogens with two attached hydrogens (primary N) is 1. The van der Waals surface area contributed by atoms with E-state index in [1.54, 1.807) is 0 Å². The van der Waals surface area contributed by atoms with E-state index in [-0.39, 0.29) is 53.0 Å². The number of Topliss-reactive ketones (excluding diaryl/α,β-unsaturated/α-hetero) is 2. The minimum Gasteiger partial charge on any atom is -0.511 e. The van der Waals surface area contributed by atoms with Gasteiger partial charge in [0.1, 0.15) is 28.7 Å². The Labute approximate surface area is 238 Å². The van der Waals surface area contributed by atoms with Gasteiger partial charge in [-0.25, -0.2) is 4.39 Å². The SMILES string of the molecule is CN(Cc1cc(O)c2c(c1F)C[C@H]1C[C@H]3C(C4CCCC4)C(O)=C(C(N)=O)C(=O)[C@@]3(O)C(O)=C1C2=O)CC(C)(C)C. The van der Waals surface area contributed by atoms with Crippen LogP contribution in [-0.2, 0) is 22.6 Å². The standard InChI is InChI=1S/C31H39FN2O7/c1-30(2,3)13-34(4)12-16-11-19(35)22-17(24(16)32)9-15-10-18-20(14-7-5-6-8-14)25(36)23(29(33)40)28(39)31(18,41)27(38)21(15)26(22)37/h11,14-15,18,20,35-36,38,41H,5-10,12-13H2,1-4H3,(H2,33,40)/t15-,18-,20?,31-/m0/s1. The Morgan fingerprint density at radius 1 is 1.17 bits per heavy atom. The number of primary amides is 1. The van der Waals surface area contributed by atoms with Crippen LogP contribution in [0, 0.1) is 34.9 Å². The number of halogens is 1. The van der Waals surface area contributed by atoms with Crippen molar-refractivity contribution in [3.8, 4) is 5.75 Å². The molecule has 1 aromatic carbocycles. The highest BCUT2D eigenvalue weighted by Gasteiger charge is 2.63. The van der Waals surface area contributed by atoms with E-state index in [4.69, 9.17) is 5.73 Å². The number of aromatic hydroxyl groups is 1. The van der Waals surface area contributed by atoms with Crippen molar-refractivity contribution in [1.29, 1.82) is 0 Å². The van der Waals surface area contributed by atoms with Crippen molar-refractivity contribution in [1.82, 2.24) is 4.90 Å². The van der Waals surface area contributed by atoms with Crippen LogP contribution < -0.4 is 5.73 Å². The van der Waals surface area contributed by atoms with Crippen LogP contribution in [0.1, 0.15) is 74.4 Å². The number of hydrogen-bond acceptors (Lipinski definition) is 8. The quantitative estimate of drug-likeness (QED) is 0.336. The molecule has 5 rings (SSSR count). The summed E-state index contributed by atoms with van der Waals surface area (Å²) in [5.74, 6) is -8.69. The molecule has 1 aromatic rings. The lowest BCUT2D eigenvalue weighted by Crippen LogP contribution is -2.60. The van der Waals surface area contributed by atoms with Crippen LogP contribution >= 0.6 is 0 Å². The highest BCUT2D eigenvalue weighted by Crippen LogP contribution is 2.56.